The molecule has 0 spiro atoms. The first kappa shape index (κ1) is 12.5. The van der Waals surface area contributed by atoms with Gasteiger partial charge in [0.1, 0.15) is 12.4 Å². The monoisotopic (exact) mass is 223 g/mol. The Morgan fingerprint density at radius 3 is 2.44 bits per heavy atom. The van der Waals surface area contributed by atoms with E-state index < -0.39 is 0 Å². The summed E-state index contributed by atoms with van der Waals surface area (Å²) < 4.78 is 5.32. The average Bonchev–Trinajstić information content (AvgIpc) is 2.28. The fourth-order valence-electron chi connectivity index (χ4n) is 1.11. The van der Waals surface area contributed by atoms with Crippen molar-refractivity contribution in [3.63, 3.8) is 0 Å². The first-order valence-electron chi connectivity index (χ1n) is 5.22. The molecule has 1 amide bonds. The van der Waals surface area contributed by atoms with Gasteiger partial charge < -0.3 is 4.74 Å². The lowest BCUT2D eigenvalue weighted by atomic mass is 10.2. The van der Waals surface area contributed by atoms with E-state index in [0.29, 0.717) is 13.2 Å². The van der Waals surface area contributed by atoms with Crippen LogP contribution in [0, 0.1) is 0 Å². The molecule has 0 radical (unpaired) electrons. The summed E-state index contributed by atoms with van der Waals surface area (Å²) >= 11 is 0. The van der Waals surface area contributed by atoms with E-state index in [2.05, 4.69) is 0 Å². The number of amides is 1. The summed E-state index contributed by atoms with van der Waals surface area (Å²) in [4.78, 5) is 16.1. The molecule has 0 saturated carbocycles. The van der Waals surface area contributed by atoms with Gasteiger partial charge >= 0.3 is 0 Å². The van der Waals surface area contributed by atoms with Crippen molar-refractivity contribution in [2.45, 2.75) is 20.5 Å². The molecule has 0 aliphatic heterocycles. The molecule has 0 fully saturated rings. The fraction of sp³-hybridized carbons (Fsp3) is 0.417. The van der Waals surface area contributed by atoms with E-state index in [1.165, 1.54) is 12.0 Å². The minimum absolute atomic E-state index is 0.120. The lowest BCUT2D eigenvalue weighted by molar-refractivity contribution is -0.180. The van der Waals surface area contributed by atoms with Gasteiger partial charge in [-0.25, -0.2) is 5.06 Å². The summed E-state index contributed by atoms with van der Waals surface area (Å²) in [5.41, 5.74) is 0.997. The highest BCUT2D eigenvalue weighted by atomic mass is 16.7. The van der Waals surface area contributed by atoms with Gasteiger partial charge in [-0.15, -0.1) is 0 Å². The highest BCUT2D eigenvalue weighted by Gasteiger charge is 2.02. The van der Waals surface area contributed by atoms with Gasteiger partial charge in [-0.1, -0.05) is 12.1 Å². The number of carbonyl (C=O) groups excluding carboxylic acids is 1. The molecule has 1 rings (SSSR count). The topological polar surface area (TPSA) is 38.8 Å². The highest BCUT2D eigenvalue weighted by Crippen LogP contribution is 2.12. The molecule has 0 aliphatic rings. The molecule has 0 N–H and O–H groups in total. The Hall–Kier alpha value is -1.55. The van der Waals surface area contributed by atoms with Crippen LogP contribution in [0.15, 0.2) is 24.3 Å². The second-order valence-electron chi connectivity index (χ2n) is 3.37. The Bertz CT molecular complexity index is 335. The number of hydroxylamine groups is 2. The minimum atomic E-state index is -0.120. The van der Waals surface area contributed by atoms with Gasteiger partial charge in [-0.2, -0.15) is 0 Å². The van der Waals surface area contributed by atoms with Gasteiger partial charge in [0.05, 0.1) is 6.61 Å². The summed E-state index contributed by atoms with van der Waals surface area (Å²) in [5.74, 6) is 0.720. The van der Waals surface area contributed by atoms with Crippen molar-refractivity contribution >= 4 is 5.91 Å². The van der Waals surface area contributed by atoms with E-state index in [1.54, 1.807) is 7.05 Å². The van der Waals surface area contributed by atoms with Crippen molar-refractivity contribution in [2.75, 3.05) is 13.7 Å². The molecule has 16 heavy (non-hydrogen) atoms. The Labute approximate surface area is 95.7 Å². The van der Waals surface area contributed by atoms with Crippen LogP contribution < -0.4 is 4.74 Å². The molecule has 0 atom stereocenters. The molecule has 1 aromatic carbocycles. The maximum absolute atomic E-state index is 10.9. The summed E-state index contributed by atoms with van der Waals surface area (Å²) in [7, 11) is 1.59. The summed E-state index contributed by atoms with van der Waals surface area (Å²) in [6.45, 7) is 4.43. The molecule has 88 valence electrons. The second kappa shape index (κ2) is 6.12. The first-order chi connectivity index (χ1) is 7.63. The predicted molar refractivity (Wildman–Crippen MR) is 60.8 cm³/mol. The number of hydrogen-bond acceptors (Lipinski definition) is 3. The molecular weight excluding hydrogens is 206 g/mol. The van der Waals surface area contributed by atoms with Gasteiger partial charge in [0.15, 0.2) is 0 Å². The van der Waals surface area contributed by atoms with Crippen molar-refractivity contribution in [3.05, 3.63) is 29.8 Å². The number of hydrogen-bond donors (Lipinski definition) is 0. The molecule has 1 aromatic rings. The van der Waals surface area contributed by atoms with Crippen molar-refractivity contribution < 1.29 is 14.4 Å². The van der Waals surface area contributed by atoms with Crippen molar-refractivity contribution in [2.24, 2.45) is 0 Å². The van der Waals surface area contributed by atoms with Crippen molar-refractivity contribution in [1.82, 2.24) is 5.06 Å². The van der Waals surface area contributed by atoms with E-state index in [0.717, 1.165) is 11.3 Å². The Morgan fingerprint density at radius 1 is 1.31 bits per heavy atom. The van der Waals surface area contributed by atoms with Crippen LogP contribution in [0.1, 0.15) is 19.4 Å². The van der Waals surface area contributed by atoms with Crippen LogP contribution >= 0.6 is 0 Å². The van der Waals surface area contributed by atoms with Gasteiger partial charge in [-0.05, 0) is 24.6 Å². The number of ether oxygens (including phenoxy) is 1. The van der Waals surface area contributed by atoms with Gasteiger partial charge in [0, 0.05) is 14.0 Å². The quantitative estimate of drug-likeness (QED) is 0.717. The van der Waals surface area contributed by atoms with E-state index in [4.69, 9.17) is 9.57 Å². The lowest BCUT2D eigenvalue weighted by Gasteiger charge is -2.14. The maximum Gasteiger partial charge on any atom is 0.242 e. The van der Waals surface area contributed by atoms with Gasteiger partial charge in [0.2, 0.25) is 5.91 Å². The molecule has 4 nitrogen and oxygen atoms in total. The minimum Gasteiger partial charge on any atom is -0.494 e. The lowest BCUT2D eigenvalue weighted by Crippen LogP contribution is -2.23. The van der Waals surface area contributed by atoms with Crippen LogP contribution in [0.5, 0.6) is 5.75 Å². The number of nitrogens with zero attached hydrogens (tertiary/aromatic N) is 1. The number of benzene rings is 1. The van der Waals surface area contributed by atoms with E-state index in [1.807, 2.05) is 31.2 Å². The predicted octanol–water partition coefficient (Wildman–Crippen LogP) is 2.00. The number of carbonyl (C=O) groups is 1. The van der Waals surface area contributed by atoms with E-state index >= 15 is 0 Å². The smallest absolute Gasteiger partial charge is 0.242 e. The van der Waals surface area contributed by atoms with Gasteiger partial charge in [0.25, 0.3) is 0 Å². The first-order valence-corrected chi connectivity index (χ1v) is 5.22. The van der Waals surface area contributed by atoms with Crippen LogP contribution in [0.4, 0.5) is 0 Å². The molecule has 0 aromatic heterocycles. The fourth-order valence-corrected chi connectivity index (χ4v) is 1.11. The third-order valence-electron chi connectivity index (χ3n) is 2.10. The Kier molecular flexibility index (Phi) is 4.79. The normalized spacial score (nSPS) is 9.94. The Balaban J connectivity index is 2.46. The summed E-state index contributed by atoms with van der Waals surface area (Å²) in [6, 6.07) is 7.60. The molecular formula is C12H17NO3. The second-order valence-corrected chi connectivity index (χ2v) is 3.37. The SMILES string of the molecule is CCOc1ccc(CON(C)C(C)=O)cc1. The van der Waals surface area contributed by atoms with Crippen LogP contribution in [-0.2, 0) is 16.2 Å². The third-order valence-corrected chi connectivity index (χ3v) is 2.10. The zero-order valence-corrected chi connectivity index (χ0v) is 9.90. The highest BCUT2D eigenvalue weighted by molar-refractivity contribution is 5.71. The molecule has 0 heterocycles. The third kappa shape index (κ3) is 3.90. The van der Waals surface area contributed by atoms with E-state index in [9.17, 15) is 4.79 Å². The zero-order chi connectivity index (χ0) is 12.0. The molecule has 0 aliphatic carbocycles. The Morgan fingerprint density at radius 2 is 1.94 bits per heavy atom. The van der Waals surface area contributed by atoms with Crippen LogP contribution in [0.2, 0.25) is 0 Å². The molecule has 4 heteroatoms. The molecule has 0 bridgehead atoms. The summed E-state index contributed by atoms with van der Waals surface area (Å²) in [6.07, 6.45) is 0. The van der Waals surface area contributed by atoms with Crippen LogP contribution in [0.25, 0.3) is 0 Å². The standard InChI is InChI=1S/C12H17NO3/c1-4-15-12-7-5-11(6-8-12)9-16-13(3)10(2)14/h5-8H,4,9H2,1-3H3. The van der Waals surface area contributed by atoms with Crippen molar-refractivity contribution in [1.29, 1.82) is 0 Å². The van der Waals surface area contributed by atoms with Crippen LogP contribution in [-0.4, -0.2) is 24.6 Å². The molecule has 0 saturated heterocycles. The molecule has 0 unspecified atom stereocenters. The summed E-state index contributed by atoms with van der Waals surface area (Å²) in [5, 5.41) is 1.22. The largest absolute Gasteiger partial charge is 0.494 e. The number of rotatable bonds is 5. The van der Waals surface area contributed by atoms with Crippen LogP contribution in [0.3, 0.4) is 0 Å². The van der Waals surface area contributed by atoms with Crippen molar-refractivity contribution in [3.8, 4) is 5.75 Å². The van der Waals surface area contributed by atoms with Gasteiger partial charge in [-0.3, -0.25) is 9.63 Å². The average molecular weight is 223 g/mol. The maximum atomic E-state index is 10.9. The zero-order valence-electron chi connectivity index (χ0n) is 9.90. The van der Waals surface area contributed by atoms with E-state index in [-0.39, 0.29) is 5.91 Å².